The fraction of sp³-hybridized carbons (Fsp3) is 0. The van der Waals surface area contributed by atoms with E-state index in [-0.39, 0.29) is 0 Å². The Morgan fingerprint density at radius 3 is 1.88 bits per heavy atom. The molecule has 1 aromatic heterocycles. The summed E-state index contributed by atoms with van der Waals surface area (Å²) >= 11 is 6.59. The molecule has 0 saturated heterocycles. The molecule has 0 aliphatic rings. The number of aromatic nitrogens is 1. The van der Waals surface area contributed by atoms with Gasteiger partial charge in [0.1, 0.15) is 0 Å². The Hall–Kier alpha value is -3.58. The average molecular weight is 472 g/mol. The van der Waals surface area contributed by atoms with Crippen molar-refractivity contribution in [3.63, 3.8) is 0 Å². The largest absolute Gasteiger partial charge is 0.256 e. The average Bonchev–Trinajstić information content (AvgIpc) is 2.92. The molecule has 34 heavy (non-hydrogen) atoms. The smallest absolute Gasteiger partial charge is 0.0702 e. The molecule has 1 atom stereocenters. The van der Waals surface area contributed by atoms with E-state index in [9.17, 15) is 0 Å². The first-order chi connectivity index (χ1) is 16.7. The van der Waals surface area contributed by atoms with E-state index in [2.05, 4.69) is 120 Å². The first kappa shape index (κ1) is 21.0. The van der Waals surface area contributed by atoms with Gasteiger partial charge in [-0.25, -0.2) is 0 Å². The lowest BCUT2D eigenvalue weighted by Crippen LogP contribution is -2.24. The van der Waals surface area contributed by atoms with Crippen LogP contribution in [0.4, 0.5) is 0 Å². The van der Waals surface area contributed by atoms with Crippen molar-refractivity contribution < 1.29 is 0 Å². The van der Waals surface area contributed by atoms with Gasteiger partial charge in [0, 0.05) is 23.2 Å². The number of hydrogen-bond acceptors (Lipinski definition) is 2. The molecule has 3 heteroatoms. The van der Waals surface area contributed by atoms with Crippen LogP contribution in [0.25, 0.3) is 32.8 Å². The molecule has 6 rings (SSSR count). The van der Waals surface area contributed by atoms with Gasteiger partial charge in [0.05, 0.1) is 5.52 Å². The van der Waals surface area contributed by atoms with E-state index in [0.29, 0.717) is 0 Å². The van der Waals surface area contributed by atoms with Crippen molar-refractivity contribution in [2.75, 3.05) is 0 Å². The predicted molar refractivity (Wildman–Crippen MR) is 151 cm³/mol. The minimum atomic E-state index is -2.21. The number of fused-ring (bicyclic) bond motifs is 2. The summed E-state index contributed by atoms with van der Waals surface area (Å²) in [5.74, 6) is 0. The van der Waals surface area contributed by atoms with Crippen LogP contribution in [-0.4, -0.2) is 4.98 Å². The first-order valence-electron chi connectivity index (χ1n) is 11.3. The summed E-state index contributed by atoms with van der Waals surface area (Å²) in [6.45, 7) is 0. The lowest BCUT2D eigenvalue weighted by atomic mass is 10.1. The molecule has 1 nitrogen and oxygen atoms in total. The zero-order valence-corrected chi connectivity index (χ0v) is 20.2. The highest BCUT2D eigenvalue weighted by atomic mass is 32.4. The van der Waals surface area contributed by atoms with Gasteiger partial charge in [-0.2, -0.15) is 0 Å². The highest BCUT2D eigenvalue weighted by molar-refractivity contribution is 8.25. The lowest BCUT2D eigenvalue weighted by molar-refractivity contribution is 1.41. The van der Waals surface area contributed by atoms with Crippen LogP contribution in [0.2, 0.25) is 0 Å². The van der Waals surface area contributed by atoms with E-state index < -0.39 is 6.04 Å². The number of para-hydroxylation sites is 1. The van der Waals surface area contributed by atoms with Gasteiger partial charge in [-0.05, 0) is 50.4 Å². The summed E-state index contributed by atoms with van der Waals surface area (Å²) < 4.78 is 0. The monoisotopic (exact) mass is 471 g/mol. The van der Waals surface area contributed by atoms with Gasteiger partial charge in [0.25, 0.3) is 0 Å². The number of rotatable bonds is 4. The van der Waals surface area contributed by atoms with Gasteiger partial charge in [0.2, 0.25) is 0 Å². The van der Waals surface area contributed by atoms with Crippen LogP contribution < -0.4 is 15.9 Å². The molecule has 0 N–H and O–H groups in total. The van der Waals surface area contributed by atoms with Crippen molar-refractivity contribution in [3.05, 3.63) is 134 Å². The Morgan fingerprint density at radius 1 is 0.471 bits per heavy atom. The van der Waals surface area contributed by atoms with Crippen LogP contribution in [0.1, 0.15) is 0 Å². The van der Waals surface area contributed by atoms with Crippen molar-refractivity contribution in [2.24, 2.45) is 0 Å². The van der Waals surface area contributed by atoms with Crippen LogP contribution in [-0.2, 0) is 11.8 Å². The molecule has 0 aliphatic heterocycles. The molecule has 0 radical (unpaired) electrons. The van der Waals surface area contributed by atoms with Crippen LogP contribution in [0, 0.1) is 0 Å². The van der Waals surface area contributed by atoms with E-state index in [1.54, 1.807) is 0 Å². The van der Waals surface area contributed by atoms with Gasteiger partial charge in [-0.1, -0.05) is 121 Å². The van der Waals surface area contributed by atoms with Gasteiger partial charge in [-0.15, -0.1) is 0 Å². The molecule has 162 valence electrons. The third-order valence-electron chi connectivity index (χ3n) is 6.37. The fourth-order valence-corrected chi connectivity index (χ4v) is 8.28. The predicted octanol–water partition coefficient (Wildman–Crippen LogP) is 6.81. The fourth-order valence-electron chi connectivity index (χ4n) is 4.55. The molecular weight excluding hydrogens is 449 g/mol. The van der Waals surface area contributed by atoms with Crippen molar-refractivity contribution in [3.8, 4) is 11.1 Å². The molecule has 1 heterocycles. The lowest BCUT2D eigenvalue weighted by Gasteiger charge is -2.24. The van der Waals surface area contributed by atoms with Crippen LogP contribution in [0.15, 0.2) is 134 Å². The Morgan fingerprint density at radius 2 is 1.09 bits per heavy atom. The quantitative estimate of drug-likeness (QED) is 0.262. The zero-order valence-electron chi connectivity index (χ0n) is 18.5. The maximum atomic E-state index is 6.59. The highest BCUT2D eigenvalue weighted by Crippen LogP contribution is 2.43. The molecule has 0 aliphatic carbocycles. The highest BCUT2D eigenvalue weighted by Gasteiger charge is 2.25. The van der Waals surface area contributed by atoms with Crippen molar-refractivity contribution in [1.82, 2.24) is 4.98 Å². The SMILES string of the molecule is S=P(c1ccccc1)(c1ccc(-c2cnc3ccccc3c2)cc1)c1ccc2ccccc2c1. The van der Waals surface area contributed by atoms with E-state index >= 15 is 0 Å². The normalized spacial score (nSPS) is 13.1. The summed E-state index contributed by atoms with van der Waals surface area (Å²) in [4.78, 5) is 4.64. The standard InChI is InChI=1S/C31H22NPS/c34-33(28-11-2-1-3-12-28,30-19-16-23-8-4-5-9-25(23)21-30)29-17-14-24(15-18-29)27-20-26-10-6-7-13-31(26)32-22-27/h1-22H. The molecule has 0 fully saturated rings. The summed E-state index contributed by atoms with van der Waals surface area (Å²) in [5, 5.41) is 7.23. The molecule has 0 saturated carbocycles. The second-order valence-corrected chi connectivity index (χ2v) is 12.9. The van der Waals surface area contributed by atoms with Gasteiger partial charge in [-0.3, -0.25) is 4.98 Å². The van der Waals surface area contributed by atoms with E-state index in [1.807, 2.05) is 18.3 Å². The summed E-state index contributed by atoms with van der Waals surface area (Å²) in [6, 6.07) is 42.8. The molecular formula is C31H22NPS. The Labute approximate surface area is 204 Å². The van der Waals surface area contributed by atoms with Crippen molar-refractivity contribution >= 4 is 55.4 Å². The molecule has 5 aromatic carbocycles. The maximum absolute atomic E-state index is 6.59. The number of nitrogens with zero attached hydrogens (tertiary/aromatic N) is 1. The van der Waals surface area contributed by atoms with Gasteiger partial charge in [0.15, 0.2) is 0 Å². The third-order valence-corrected chi connectivity index (χ3v) is 11.3. The van der Waals surface area contributed by atoms with Crippen molar-refractivity contribution in [1.29, 1.82) is 0 Å². The minimum absolute atomic E-state index is 1.01. The summed E-state index contributed by atoms with van der Waals surface area (Å²) in [6.07, 6.45) is 1.95. The molecule has 6 aromatic rings. The Balaban J connectivity index is 1.48. The number of pyridine rings is 1. The van der Waals surface area contributed by atoms with E-state index in [0.717, 1.165) is 22.0 Å². The van der Waals surface area contributed by atoms with Gasteiger partial charge >= 0.3 is 0 Å². The van der Waals surface area contributed by atoms with E-state index in [4.69, 9.17) is 11.8 Å². The molecule has 0 bridgehead atoms. The maximum Gasteiger partial charge on any atom is 0.0702 e. The molecule has 0 amide bonds. The van der Waals surface area contributed by atoms with Gasteiger partial charge < -0.3 is 0 Å². The molecule has 0 spiro atoms. The second kappa shape index (κ2) is 8.65. The molecule has 1 unspecified atom stereocenters. The summed E-state index contributed by atoms with van der Waals surface area (Å²) in [5.41, 5.74) is 3.28. The van der Waals surface area contributed by atoms with Crippen LogP contribution in [0.5, 0.6) is 0 Å². The number of hydrogen-bond donors (Lipinski definition) is 0. The number of benzene rings is 5. The third kappa shape index (κ3) is 3.66. The zero-order chi connectivity index (χ0) is 23.0. The minimum Gasteiger partial charge on any atom is -0.256 e. The van der Waals surface area contributed by atoms with Crippen molar-refractivity contribution in [2.45, 2.75) is 0 Å². The first-order valence-corrected chi connectivity index (χ1v) is 14.1. The summed E-state index contributed by atoms with van der Waals surface area (Å²) in [7, 11) is 0. The second-order valence-electron chi connectivity index (χ2n) is 8.44. The topological polar surface area (TPSA) is 12.9 Å². The van der Waals surface area contributed by atoms with Crippen LogP contribution in [0.3, 0.4) is 0 Å². The Bertz CT molecular complexity index is 1670. The van der Waals surface area contributed by atoms with E-state index in [1.165, 1.54) is 26.7 Å². The Kier molecular flexibility index (Phi) is 5.34. The van der Waals surface area contributed by atoms with Crippen LogP contribution >= 0.6 is 6.04 Å².